The van der Waals surface area contributed by atoms with Crippen molar-refractivity contribution in [2.75, 3.05) is 6.61 Å². The van der Waals surface area contributed by atoms with Gasteiger partial charge in [-0.15, -0.1) is 11.8 Å². The summed E-state index contributed by atoms with van der Waals surface area (Å²) in [5.74, 6) is -0.442. The van der Waals surface area contributed by atoms with Gasteiger partial charge < -0.3 is 9.84 Å². The second-order valence-electron chi connectivity index (χ2n) is 6.21. The molecule has 0 aliphatic rings. The number of benzene rings is 2. The summed E-state index contributed by atoms with van der Waals surface area (Å²) in [5.41, 5.74) is -0.266. The second kappa shape index (κ2) is 8.66. The van der Waals surface area contributed by atoms with Crippen LogP contribution in [0.1, 0.15) is 11.1 Å². The van der Waals surface area contributed by atoms with Gasteiger partial charge in [0.05, 0.1) is 17.1 Å². The van der Waals surface area contributed by atoms with Crippen LogP contribution >= 0.6 is 11.8 Å². The Balaban J connectivity index is 1.69. The molecule has 0 unspecified atom stereocenters. The Hall–Kier alpha value is -3.21. The van der Waals surface area contributed by atoms with E-state index in [1.54, 1.807) is 25.1 Å². The number of rotatable bonds is 7. The highest BCUT2D eigenvalue weighted by molar-refractivity contribution is 7.98. The van der Waals surface area contributed by atoms with Crippen molar-refractivity contribution in [1.82, 2.24) is 14.3 Å². The average Bonchev–Trinajstić information content (AvgIpc) is 3.05. The van der Waals surface area contributed by atoms with Crippen LogP contribution < -0.4 is 10.4 Å². The van der Waals surface area contributed by atoms with Crippen LogP contribution in [0.4, 0.5) is 13.2 Å². The first kappa shape index (κ1) is 21.5. The SMILES string of the molecule is Cc1cc(SCn2ncn(-c3ccc(C(F)(F)F)cc3)c2=O)ccc1OCC(=O)O. The van der Waals surface area contributed by atoms with E-state index < -0.39 is 30.0 Å². The number of hydrogen-bond donors (Lipinski definition) is 1. The lowest BCUT2D eigenvalue weighted by Gasteiger charge is -2.09. The topological polar surface area (TPSA) is 86.4 Å². The van der Waals surface area contributed by atoms with Gasteiger partial charge in [-0.2, -0.15) is 18.3 Å². The molecular formula is C19H16F3N3O4S. The van der Waals surface area contributed by atoms with Crippen molar-refractivity contribution < 1.29 is 27.8 Å². The molecule has 3 aromatic rings. The highest BCUT2D eigenvalue weighted by Crippen LogP contribution is 2.29. The van der Waals surface area contributed by atoms with E-state index in [1.807, 2.05) is 0 Å². The number of halogens is 3. The van der Waals surface area contributed by atoms with E-state index in [0.717, 1.165) is 27.2 Å². The highest BCUT2D eigenvalue weighted by Gasteiger charge is 2.30. The van der Waals surface area contributed by atoms with E-state index in [1.165, 1.54) is 34.9 Å². The minimum atomic E-state index is -4.45. The molecule has 0 bridgehead atoms. The van der Waals surface area contributed by atoms with Crippen LogP contribution in [0.15, 0.2) is 58.5 Å². The van der Waals surface area contributed by atoms with Crippen LogP contribution in [-0.2, 0) is 16.8 Å². The fourth-order valence-electron chi connectivity index (χ4n) is 2.56. The Labute approximate surface area is 172 Å². The number of thioether (sulfide) groups is 1. The first-order valence-electron chi connectivity index (χ1n) is 8.55. The van der Waals surface area contributed by atoms with E-state index in [2.05, 4.69) is 5.10 Å². The molecule has 0 amide bonds. The molecule has 158 valence electrons. The number of aromatic nitrogens is 3. The van der Waals surface area contributed by atoms with Crippen molar-refractivity contribution in [3.8, 4) is 11.4 Å². The van der Waals surface area contributed by atoms with Gasteiger partial charge in [0.15, 0.2) is 6.61 Å². The van der Waals surface area contributed by atoms with Crippen molar-refractivity contribution in [2.45, 2.75) is 23.9 Å². The summed E-state index contributed by atoms with van der Waals surface area (Å²) in [7, 11) is 0. The molecule has 30 heavy (non-hydrogen) atoms. The number of aryl methyl sites for hydroxylation is 1. The standard InChI is InChI=1S/C19H16F3N3O4S/c1-12-8-15(6-7-16(12)29-9-17(26)27)30-11-25-18(28)24(10-23-25)14-4-2-13(3-5-14)19(20,21)22/h2-8,10H,9,11H2,1H3,(H,26,27). The van der Waals surface area contributed by atoms with Gasteiger partial charge in [-0.05, 0) is 55.0 Å². The van der Waals surface area contributed by atoms with E-state index >= 15 is 0 Å². The number of alkyl halides is 3. The summed E-state index contributed by atoms with van der Waals surface area (Å²) in [5, 5.41) is 12.7. The van der Waals surface area contributed by atoms with Crippen molar-refractivity contribution in [3.05, 3.63) is 70.4 Å². The van der Waals surface area contributed by atoms with Gasteiger partial charge in [0.2, 0.25) is 0 Å². The fraction of sp³-hybridized carbons (Fsp3) is 0.211. The molecule has 0 spiro atoms. The van der Waals surface area contributed by atoms with Crippen LogP contribution in [0.25, 0.3) is 5.69 Å². The normalized spacial score (nSPS) is 11.5. The zero-order valence-corrected chi connectivity index (χ0v) is 16.4. The molecule has 1 aromatic heterocycles. The molecule has 0 aliphatic carbocycles. The number of aliphatic carboxylic acids is 1. The van der Waals surface area contributed by atoms with Gasteiger partial charge in [-0.25, -0.2) is 18.8 Å². The Morgan fingerprint density at radius 1 is 1.20 bits per heavy atom. The third kappa shape index (κ3) is 5.03. The van der Waals surface area contributed by atoms with Gasteiger partial charge in [0.1, 0.15) is 12.1 Å². The van der Waals surface area contributed by atoms with E-state index in [-0.39, 0.29) is 11.6 Å². The van der Waals surface area contributed by atoms with Crippen LogP contribution in [0.2, 0.25) is 0 Å². The Morgan fingerprint density at radius 2 is 1.90 bits per heavy atom. The zero-order chi connectivity index (χ0) is 21.9. The largest absolute Gasteiger partial charge is 0.482 e. The molecule has 0 atom stereocenters. The van der Waals surface area contributed by atoms with Gasteiger partial charge >= 0.3 is 17.8 Å². The van der Waals surface area contributed by atoms with Gasteiger partial charge in [-0.1, -0.05) is 0 Å². The monoisotopic (exact) mass is 439 g/mol. The molecule has 1 N–H and O–H groups in total. The summed E-state index contributed by atoms with van der Waals surface area (Å²) >= 11 is 1.32. The van der Waals surface area contributed by atoms with Crippen LogP contribution in [0, 0.1) is 6.92 Å². The molecule has 1 heterocycles. The lowest BCUT2D eigenvalue weighted by molar-refractivity contribution is -0.139. The molecular weight excluding hydrogens is 423 g/mol. The Bertz CT molecular complexity index is 1110. The quantitative estimate of drug-likeness (QED) is 0.567. The summed E-state index contributed by atoms with van der Waals surface area (Å²) in [4.78, 5) is 23.9. The lowest BCUT2D eigenvalue weighted by Crippen LogP contribution is -2.23. The maximum Gasteiger partial charge on any atom is 0.416 e. The first-order chi connectivity index (χ1) is 14.1. The number of carboxylic acids is 1. The van der Waals surface area contributed by atoms with E-state index in [9.17, 15) is 22.8 Å². The lowest BCUT2D eigenvalue weighted by atomic mass is 10.2. The van der Waals surface area contributed by atoms with E-state index in [4.69, 9.17) is 9.84 Å². The van der Waals surface area contributed by atoms with Gasteiger partial charge in [0.25, 0.3) is 0 Å². The fourth-order valence-corrected chi connectivity index (χ4v) is 3.44. The first-order valence-corrected chi connectivity index (χ1v) is 9.54. The van der Waals surface area contributed by atoms with Crippen molar-refractivity contribution in [3.63, 3.8) is 0 Å². The molecule has 11 heteroatoms. The Kier molecular flexibility index (Phi) is 6.20. The summed E-state index contributed by atoms with van der Waals surface area (Å²) in [6.07, 6.45) is -3.20. The molecule has 0 aliphatic heterocycles. The maximum atomic E-state index is 12.7. The molecule has 0 saturated carbocycles. The van der Waals surface area contributed by atoms with Crippen molar-refractivity contribution in [2.24, 2.45) is 0 Å². The van der Waals surface area contributed by atoms with Gasteiger partial charge in [-0.3, -0.25) is 0 Å². The smallest absolute Gasteiger partial charge is 0.416 e. The molecule has 3 rings (SSSR count). The molecule has 0 saturated heterocycles. The summed E-state index contributed by atoms with van der Waals surface area (Å²) in [6, 6.07) is 9.40. The van der Waals surface area contributed by atoms with Crippen molar-refractivity contribution >= 4 is 17.7 Å². The minimum Gasteiger partial charge on any atom is -0.482 e. The minimum absolute atomic E-state index is 0.182. The predicted molar refractivity (Wildman–Crippen MR) is 103 cm³/mol. The molecule has 2 aromatic carbocycles. The number of carbonyl (C=O) groups is 1. The van der Waals surface area contributed by atoms with Crippen LogP contribution in [0.3, 0.4) is 0 Å². The summed E-state index contributed by atoms with van der Waals surface area (Å²) < 4.78 is 45.5. The maximum absolute atomic E-state index is 12.7. The number of carboxylic acid groups (broad SMARTS) is 1. The molecule has 0 radical (unpaired) electrons. The van der Waals surface area contributed by atoms with Crippen LogP contribution in [-0.4, -0.2) is 32.0 Å². The van der Waals surface area contributed by atoms with Gasteiger partial charge in [0, 0.05) is 4.90 Å². The predicted octanol–water partition coefficient (Wildman–Crippen LogP) is 3.57. The number of hydrogen-bond acceptors (Lipinski definition) is 5. The summed E-state index contributed by atoms with van der Waals surface area (Å²) in [6.45, 7) is 1.33. The highest BCUT2D eigenvalue weighted by atomic mass is 32.2. The molecule has 0 fully saturated rings. The Morgan fingerprint density at radius 3 is 2.50 bits per heavy atom. The van der Waals surface area contributed by atoms with E-state index in [0.29, 0.717) is 5.75 Å². The number of nitrogens with zero attached hydrogens (tertiary/aromatic N) is 3. The van der Waals surface area contributed by atoms with Crippen LogP contribution in [0.5, 0.6) is 5.75 Å². The second-order valence-corrected chi connectivity index (χ2v) is 7.23. The third-order valence-corrected chi connectivity index (χ3v) is 5.02. The van der Waals surface area contributed by atoms with Crippen molar-refractivity contribution in [1.29, 1.82) is 0 Å². The average molecular weight is 439 g/mol. The number of ether oxygens (including phenoxy) is 1. The molecule has 7 nitrogen and oxygen atoms in total. The third-order valence-electron chi connectivity index (χ3n) is 4.06. The zero-order valence-electron chi connectivity index (χ0n) is 15.6.